The highest BCUT2D eigenvalue weighted by Gasteiger charge is 2.18. The van der Waals surface area contributed by atoms with E-state index in [1.807, 2.05) is 31.2 Å². The molecule has 0 aliphatic heterocycles. The first kappa shape index (κ1) is 14.4. The van der Waals surface area contributed by atoms with Crippen LogP contribution >= 0.6 is 23.2 Å². The van der Waals surface area contributed by atoms with Gasteiger partial charge in [0, 0.05) is 5.57 Å². The van der Waals surface area contributed by atoms with E-state index in [0.29, 0.717) is 16.2 Å². The number of benzene rings is 1. The second-order valence-electron chi connectivity index (χ2n) is 4.24. The van der Waals surface area contributed by atoms with Crippen LogP contribution in [-0.2, 0) is 0 Å². The summed E-state index contributed by atoms with van der Waals surface area (Å²) in [6.45, 7) is 1.97. The molecule has 1 aromatic rings. The SMILES string of the molecule is Cc1ccc(/C(C#N)=C2C=C(Cl)/C(=N/O)C=C\2Cl)cc1. The van der Waals surface area contributed by atoms with E-state index in [1.54, 1.807) is 0 Å². The van der Waals surface area contributed by atoms with Crippen molar-refractivity contribution in [3.05, 3.63) is 63.2 Å². The highest BCUT2D eigenvalue weighted by Crippen LogP contribution is 2.32. The summed E-state index contributed by atoms with van der Waals surface area (Å²) in [7, 11) is 0. The van der Waals surface area contributed by atoms with Crippen molar-refractivity contribution >= 4 is 34.5 Å². The van der Waals surface area contributed by atoms with E-state index in [0.717, 1.165) is 11.1 Å². The van der Waals surface area contributed by atoms with Crippen LogP contribution in [0.1, 0.15) is 11.1 Å². The van der Waals surface area contributed by atoms with Crippen molar-refractivity contribution in [2.24, 2.45) is 5.16 Å². The summed E-state index contributed by atoms with van der Waals surface area (Å²) in [6, 6.07) is 9.67. The number of nitriles is 1. The van der Waals surface area contributed by atoms with E-state index in [-0.39, 0.29) is 10.7 Å². The minimum absolute atomic E-state index is 0.168. The van der Waals surface area contributed by atoms with Crippen molar-refractivity contribution in [2.45, 2.75) is 6.92 Å². The third-order valence-electron chi connectivity index (χ3n) is 2.87. The molecule has 100 valence electrons. The molecule has 20 heavy (non-hydrogen) atoms. The maximum atomic E-state index is 9.38. The topological polar surface area (TPSA) is 56.4 Å². The quantitative estimate of drug-likeness (QED) is 0.476. The molecule has 1 N–H and O–H groups in total. The first-order valence-corrected chi connectivity index (χ1v) is 6.51. The van der Waals surface area contributed by atoms with Crippen LogP contribution in [0.25, 0.3) is 5.57 Å². The summed E-state index contributed by atoms with van der Waals surface area (Å²) in [6.07, 6.45) is 2.95. The Bertz CT molecular complexity index is 704. The lowest BCUT2D eigenvalue weighted by Crippen LogP contribution is -2.03. The van der Waals surface area contributed by atoms with Crippen LogP contribution in [0, 0.1) is 18.3 Å². The van der Waals surface area contributed by atoms with Crippen molar-refractivity contribution in [1.29, 1.82) is 5.26 Å². The predicted octanol–water partition coefficient (Wildman–Crippen LogP) is 4.36. The summed E-state index contributed by atoms with van der Waals surface area (Å²) in [5, 5.41) is 21.7. The fourth-order valence-corrected chi connectivity index (χ4v) is 2.26. The number of rotatable bonds is 1. The normalized spacial score (nSPS) is 19.2. The molecule has 0 saturated carbocycles. The standard InChI is InChI=1S/C15H10Cl2N2O/c1-9-2-4-10(5-3-9)12(8-18)11-6-14(17)15(19-20)7-13(11)16/h2-7,20H,1H3/b12-11+,19-15+. The third kappa shape index (κ3) is 2.77. The van der Waals surface area contributed by atoms with Gasteiger partial charge in [-0.15, -0.1) is 0 Å². The average molecular weight is 305 g/mol. The van der Waals surface area contributed by atoms with Gasteiger partial charge in [0.1, 0.15) is 11.8 Å². The second kappa shape index (κ2) is 5.96. The maximum Gasteiger partial charge on any atom is 0.122 e. The molecule has 0 atom stereocenters. The first-order valence-electron chi connectivity index (χ1n) is 5.75. The van der Waals surface area contributed by atoms with E-state index >= 15 is 0 Å². The van der Waals surface area contributed by atoms with Gasteiger partial charge in [0.25, 0.3) is 0 Å². The molecule has 0 bridgehead atoms. The highest BCUT2D eigenvalue weighted by molar-refractivity contribution is 6.48. The van der Waals surface area contributed by atoms with Gasteiger partial charge in [-0.1, -0.05) is 58.2 Å². The van der Waals surface area contributed by atoms with E-state index in [1.165, 1.54) is 12.2 Å². The number of hydrogen-bond donors (Lipinski definition) is 1. The minimum atomic E-state index is 0.168. The Morgan fingerprint density at radius 2 is 1.80 bits per heavy atom. The third-order valence-corrected chi connectivity index (χ3v) is 3.48. The lowest BCUT2D eigenvalue weighted by molar-refractivity contribution is 0.320. The van der Waals surface area contributed by atoms with Crippen LogP contribution < -0.4 is 0 Å². The fourth-order valence-electron chi connectivity index (χ4n) is 1.81. The van der Waals surface area contributed by atoms with Gasteiger partial charge >= 0.3 is 0 Å². The number of nitrogens with zero attached hydrogens (tertiary/aromatic N) is 2. The number of allylic oxidation sites excluding steroid dienone is 6. The van der Waals surface area contributed by atoms with Crippen molar-refractivity contribution in [2.75, 3.05) is 0 Å². The summed E-state index contributed by atoms with van der Waals surface area (Å²) in [5.74, 6) is 0. The summed E-state index contributed by atoms with van der Waals surface area (Å²) >= 11 is 12.1. The molecule has 0 fully saturated rings. The molecule has 2 rings (SSSR count). The van der Waals surface area contributed by atoms with E-state index in [4.69, 9.17) is 28.4 Å². The van der Waals surface area contributed by atoms with Gasteiger partial charge < -0.3 is 5.21 Å². The van der Waals surface area contributed by atoms with Crippen LogP contribution in [-0.4, -0.2) is 10.9 Å². The van der Waals surface area contributed by atoms with Gasteiger partial charge in [0.2, 0.25) is 0 Å². The highest BCUT2D eigenvalue weighted by atomic mass is 35.5. The van der Waals surface area contributed by atoms with E-state index in [2.05, 4.69) is 11.2 Å². The summed E-state index contributed by atoms with van der Waals surface area (Å²) in [5.41, 5.74) is 2.95. The van der Waals surface area contributed by atoms with Gasteiger partial charge in [-0.25, -0.2) is 0 Å². The van der Waals surface area contributed by atoms with Crippen LogP contribution in [0.2, 0.25) is 0 Å². The number of aryl methyl sites for hydroxylation is 1. The zero-order valence-electron chi connectivity index (χ0n) is 10.6. The van der Waals surface area contributed by atoms with Gasteiger partial charge in [-0.05, 0) is 24.6 Å². The molecule has 0 unspecified atom stereocenters. The minimum Gasteiger partial charge on any atom is -0.410 e. The van der Waals surface area contributed by atoms with Gasteiger partial charge in [-0.2, -0.15) is 5.26 Å². The molecule has 1 aliphatic rings. The summed E-state index contributed by atoms with van der Waals surface area (Å²) < 4.78 is 0. The Hall–Kier alpha value is -2.02. The smallest absolute Gasteiger partial charge is 0.122 e. The Kier molecular flexibility index (Phi) is 4.29. The molecule has 0 heterocycles. The zero-order valence-corrected chi connectivity index (χ0v) is 12.1. The number of oxime groups is 1. The van der Waals surface area contributed by atoms with E-state index < -0.39 is 0 Å². The zero-order chi connectivity index (χ0) is 14.7. The molecule has 0 saturated heterocycles. The number of hydrogen-bond acceptors (Lipinski definition) is 3. The number of halogens is 2. The van der Waals surface area contributed by atoms with Crippen LogP contribution in [0.15, 0.2) is 57.2 Å². The Labute approximate surface area is 126 Å². The molecule has 0 amide bonds. The van der Waals surface area contributed by atoms with E-state index in [9.17, 15) is 5.26 Å². The van der Waals surface area contributed by atoms with Gasteiger partial charge in [-0.3, -0.25) is 0 Å². The van der Waals surface area contributed by atoms with Crippen LogP contribution in [0.5, 0.6) is 0 Å². The molecule has 3 nitrogen and oxygen atoms in total. The second-order valence-corrected chi connectivity index (χ2v) is 5.05. The Morgan fingerprint density at radius 3 is 2.35 bits per heavy atom. The molecule has 1 aliphatic carbocycles. The average Bonchev–Trinajstić information content (AvgIpc) is 2.45. The molecular weight excluding hydrogens is 295 g/mol. The summed E-state index contributed by atoms with van der Waals surface area (Å²) in [4.78, 5) is 0. The fraction of sp³-hybridized carbons (Fsp3) is 0.0667. The van der Waals surface area contributed by atoms with Gasteiger partial charge in [0.15, 0.2) is 0 Å². The van der Waals surface area contributed by atoms with Crippen LogP contribution in [0.3, 0.4) is 0 Å². The molecular formula is C15H10Cl2N2O. The van der Waals surface area contributed by atoms with Gasteiger partial charge in [0.05, 0.1) is 15.6 Å². The first-order chi connectivity index (χ1) is 9.56. The van der Waals surface area contributed by atoms with Crippen molar-refractivity contribution in [3.8, 4) is 6.07 Å². The molecule has 0 aromatic heterocycles. The van der Waals surface area contributed by atoms with Crippen molar-refractivity contribution in [1.82, 2.24) is 0 Å². The largest absolute Gasteiger partial charge is 0.410 e. The lowest BCUT2D eigenvalue weighted by atomic mass is 9.96. The lowest BCUT2D eigenvalue weighted by Gasteiger charge is -2.12. The maximum absolute atomic E-state index is 9.38. The molecule has 1 aromatic carbocycles. The predicted molar refractivity (Wildman–Crippen MR) is 80.8 cm³/mol. The Morgan fingerprint density at radius 1 is 1.15 bits per heavy atom. The van der Waals surface area contributed by atoms with Crippen LogP contribution in [0.4, 0.5) is 0 Å². The Balaban J connectivity index is 2.61. The molecule has 0 spiro atoms. The monoisotopic (exact) mass is 304 g/mol. The molecule has 0 radical (unpaired) electrons. The van der Waals surface area contributed by atoms with Crippen molar-refractivity contribution in [3.63, 3.8) is 0 Å². The molecule has 5 heteroatoms. The van der Waals surface area contributed by atoms with Crippen molar-refractivity contribution < 1.29 is 5.21 Å².